The summed E-state index contributed by atoms with van der Waals surface area (Å²) in [6.07, 6.45) is 8.00. The third-order valence-electron chi connectivity index (χ3n) is 4.10. The van der Waals surface area contributed by atoms with Gasteiger partial charge in [0.25, 0.3) is 0 Å². The molecule has 0 spiro atoms. The maximum atomic E-state index is 12.9. The normalized spacial score (nSPS) is 18.1. The van der Waals surface area contributed by atoms with E-state index in [1.165, 1.54) is 37.7 Å². The molecule has 1 aromatic rings. The maximum absolute atomic E-state index is 12.9. The van der Waals surface area contributed by atoms with E-state index >= 15 is 0 Å². The lowest BCUT2D eigenvalue weighted by molar-refractivity contribution is 0.438. The highest BCUT2D eigenvalue weighted by molar-refractivity contribution is 5.19. The number of hydrogen-bond donors (Lipinski definition) is 1. The van der Waals surface area contributed by atoms with Gasteiger partial charge in [-0.2, -0.15) is 0 Å². The molecule has 0 heterocycles. The molecule has 0 radical (unpaired) electrons. The van der Waals surface area contributed by atoms with Crippen LogP contribution in [0.25, 0.3) is 0 Å². The van der Waals surface area contributed by atoms with Gasteiger partial charge in [0.05, 0.1) is 0 Å². The Bertz CT molecular complexity index is 341. The van der Waals surface area contributed by atoms with E-state index in [-0.39, 0.29) is 5.82 Å². The van der Waals surface area contributed by atoms with Gasteiger partial charge in [0.15, 0.2) is 0 Å². The molecule has 2 rings (SSSR count). The van der Waals surface area contributed by atoms with Crippen molar-refractivity contribution in [2.24, 2.45) is 5.92 Å². The van der Waals surface area contributed by atoms with E-state index in [4.69, 9.17) is 0 Å². The summed E-state index contributed by atoms with van der Waals surface area (Å²) in [7, 11) is 0. The minimum Gasteiger partial charge on any atom is -0.310 e. The zero-order valence-corrected chi connectivity index (χ0v) is 11.3. The van der Waals surface area contributed by atoms with Gasteiger partial charge in [-0.3, -0.25) is 0 Å². The standard InChI is InChI=1S/C16H24FN/c1-2-16(14-7-9-15(17)10-8-14)18-12-11-13-5-3-4-6-13/h7-10,13,16,18H,2-6,11-12H2,1H3. The largest absolute Gasteiger partial charge is 0.310 e. The minimum absolute atomic E-state index is 0.153. The summed E-state index contributed by atoms with van der Waals surface area (Å²) in [4.78, 5) is 0. The van der Waals surface area contributed by atoms with Gasteiger partial charge in [0, 0.05) is 6.04 Å². The fourth-order valence-electron chi connectivity index (χ4n) is 2.95. The average Bonchev–Trinajstić information content (AvgIpc) is 2.89. The Balaban J connectivity index is 1.79. The Morgan fingerprint density at radius 3 is 2.50 bits per heavy atom. The van der Waals surface area contributed by atoms with Crippen LogP contribution in [-0.4, -0.2) is 6.54 Å². The van der Waals surface area contributed by atoms with Crippen LogP contribution in [0.5, 0.6) is 0 Å². The highest BCUT2D eigenvalue weighted by Crippen LogP contribution is 2.27. The topological polar surface area (TPSA) is 12.0 Å². The zero-order valence-electron chi connectivity index (χ0n) is 11.3. The number of nitrogens with one attached hydrogen (secondary N) is 1. The Morgan fingerprint density at radius 1 is 1.22 bits per heavy atom. The average molecular weight is 249 g/mol. The van der Waals surface area contributed by atoms with Crippen molar-refractivity contribution in [2.75, 3.05) is 6.54 Å². The molecule has 1 N–H and O–H groups in total. The fourth-order valence-corrected chi connectivity index (χ4v) is 2.95. The summed E-state index contributed by atoms with van der Waals surface area (Å²) in [5, 5.41) is 3.61. The highest BCUT2D eigenvalue weighted by Gasteiger charge is 2.15. The van der Waals surface area contributed by atoms with E-state index in [2.05, 4.69) is 12.2 Å². The Hall–Kier alpha value is -0.890. The molecule has 18 heavy (non-hydrogen) atoms. The first-order valence-corrected chi connectivity index (χ1v) is 7.28. The molecular weight excluding hydrogens is 225 g/mol. The van der Waals surface area contributed by atoms with Crippen LogP contribution in [0, 0.1) is 11.7 Å². The monoisotopic (exact) mass is 249 g/mol. The number of benzene rings is 1. The highest BCUT2D eigenvalue weighted by atomic mass is 19.1. The molecule has 0 saturated heterocycles. The van der Waals surface area contributed by atoms with Crippen LogP contribution >= 0.6 is 0 Å². The van der Waals surface area contributed by atoms with Crippen LogP contribution in [0.4, 0.5) is 4.39 Å². The lowest BCUT2D eigenvalue weighted by Gasteiger charge is -2.19. The summed E-state index contributed by atoms with van der Waals surface area (Å²) in [6, 6.07) is 7.26. The molecule has 0 aliphatic heterocycles. The quantitative estimate of drug-likeness (QED) is 0.785. The van der Waals surface area contributed by atoms with E-state index in [9.17, 15) is 4.39 Å². The first-order chi connectivity index (χ1) is 8.79. The van der Waals surface area contributed by atoms with Crippen molar-refractivity contribution in [3.8, 4) is 0 Å². The van der Waals surface area contributed by atoms with Crippen LogP contribution in [-0.2, 0) is 0 Å². The van der Waals surface area contributed by atoms with Gasteiger partial charge < -0.3 is 5.32 Å². The molecule has 1 unspecified atom stereocenters. The molecule has 1 saturated carbocycles. The number of halogens is 1. The van der Waals surface area contributed by atoms with Crippen molar-refractivity contribution in [1.29, 1.82) is 0 Å². The van der Waals surface area contributed by atoms with Crippen LogP contribution in [0.1, 0.15) is 57.1 Å². The van der Waals surface area contributed by atoms with Gasteiger partial charge >= 0.3 is 0 Å². The maximum Gasteiger partial charge on any atom is 0.123 e. The van der Waals surface area contributed by atoms with Crippen molar-refractivity contribution in [3.05, 3.63) is 35.6 Å². The second-order valence-corrected chi connectivity index (χ2v) is 5.41. The Labute approximate surface area is 110 Å². The van der Waals surface area contributed by atoms with Crippen molar-refractivity contribution < 1.29 is 4.39 Å². The smallest absolute Gasteiger partial charge is 0.123 e. The van der Waals surface area contributed by atoms with E-state index in [1.807, 2.05) is 12.1 Å². The SMILES string of the molecule is CCC(NCCC1CCCC1)c1ccc(F)cc1. The Morgan fingerprint density at radius 2 is 1.89 bits per heavy atom. The molecule has 1 aliphatic rings. The second kappa shape index (κ2) is 6.89. The van der Waals surface area contributed by atoms with Crippen LogP contribution < -0.4 is 5.32 Å². The lowest BCUT2D eigenvalue weighted by Crippen LogP contribution is -2.23. The zero-order chi connectivity index (χ0) is 12.8. The molecule has 2 heteroatoms. The number of hydrogen-bond acceptors (Lipinski definition) is 1. The van der Waals surface area contributed by atoms with Crippen molar-refractivity contribution in [1.82, 2.24) is 5.32 Å². The molecule has 0 aromatic heterocycles. The summed E-state index contributed by atoms with van der Waals surface area (Å²) in [5.41, 5.74) is 1.20. The van der Waals surface area contributed by atoms with Crippen molar-refractivity contribution in [2.45, 2.75) is 51.5 Å². The first-order valence-electron chi connectivity index (χ1n) is 7.28. The third-order valence-corrected chi connectivity index (χ3v) is 4.10. The summed E-state index contributed by atoms with van der Waals surface area (Å²) < 4.78 is 12.9. The van der Waals surface area contributed by atoms with Gasteiger partial charge in [0.2, 0.25) is 0 Å². The van der Waals surface area contributed by atoms with Crippen LogP contribution in [0.3, 0.4) is 0 Å². The lowest BCUT2D eigenvalue weighted by atomic mass is 10.0. The van der Waals surface area contributed by atoms with Gasteiger partial charge in [-0.05, 0) is 43.0 Å². The van der Waals surface area contributed by atoms with E-state index in [1.54, 1.807) is 12.1 Å². The molecule has 0 bridgehead atoms. The predicted molar refractivity (Wildman–Crippen MR) is 74.0 cm³/mol. The van der Waals surface area contributed by atoms with Crippen molar-refractivity contribution >= 4 is 0 Å². The number of rotatable bonds is 6. The summed E-state index contributed by atoms with van der Waals surface area (Å²) in [6.45, 7) is 3.26. The molecule has 1 aromatic carbocycles. The van der Waals surface area contributed by atoms with E-state index in [0.717, 1.165) is 18.9 Å². The van der Waals surface area contributed by atoms with Crippen LogP contribution in [0.2, 0.25) is 0 Å². The Kier molecular flexibility index (Phi) is 5.18. The molecule has 100 valence electrons. The first kappa shape index (κ1) is 13.5. The van der Waals surface area contributed by atoms with E-state index < -0.39 is 0 Å². The molecular formula is C16H24FN. The van der Waals surface area contributed by atoms with Gasteiger partial charge in [0.1, 0.15) is 5.82 Å². The fraction of sp³-hybridized carbons (Fsp3) is 0.625. The van der Waals surface area contributed by atoms with Crippen LogP contribution in [0.15, 0.2) is 24.3 Å². The molecule has 1 fully saturated rings. The van der Waals surface area contributed by atoms with E-state index in [0.29, 0.717) is 6.04 Å². The predicted octanol–water partition coefficient (Wildman–Crippen LogP) is 4.45. The molecule has 1 atom stereocenters. The molecule has 0 amide bonds. The second-order valence-electron chi connectivity index (χ2n) is 5.41. The van der Waals surface area contributed by atoms with Gasteiger partial charge in [-0.25, -0.2) is 4.39 Å². The molecule has 1 aliphatic carbocycles. The van der Waals surface area contributed by atoms with Gasteiger partial charge in [-0.15, -0.1) is 0 Å². The minimum atomic E-state index is -0.153. The van der Waals surface area contributed by atoms with Crippen molar-refractivity contribution in [3.63, 3.8) is 0 Å². The summed E-state index contributed by atoms with van der Waals surface area (Å²) in [5.74, 6) is 0.780. The molecule has 1 nitrogen and oxygen atoms in total. The third kappa shape index (κ3) is 3.81. The summed E-state index contributed by atoms with van der Waals surface area (Å²) >= 11 is 0. The van der Waals surface area contributed by atoms with Gasteiger partial charge in [-0.1, -0.05) is 44.7 Å².